The fraction of sp³-hybridized carbons (Fsp3) is 0.536. The van der Waals surface area contributed by atoms with Gasteiger partial charge in [-0.2, -0.15) is 0 Å². The number of nitrogens with zero attached hydrogens (tertiary/aromatic N) is 6. The number of rotatable bonds is 3. The Kier molecular flexibility index (Phi) is 8.53. The second kappa shape index (κ2) is 12.4. The second-order valence-electron chi connectivity index (χ2n) is 9.94. The molecule has 0 saturated carbocycles. The van der Waals surface area contributed by atoms with E-state index in [1.165, 1.54) is 0 Å². The second-order valence-corrected chi connectivity index (χ2v) is 9.94. The maximum Gasteiger partial charge on any atom is 0.251 e. The number of aromatic nitrogens is 4. The van der Waals surface area contributed by atoms with E-state index in [9.17, 15) is 4.79 Å². The van der Waals surface area contributed by atoms with Gasteiger partial charge < -0.3 is 23.5 Å². The smallest absolute Gasteiger partial charge is 0.251 e. The molecule has 1 saturated heterocycles. The number of hydrogen-bond acceptors (Lipinski definition) is 6. The molecular formula is C28H38N6O3. The molecule has 0 N–H and O–H groups in total. The Labute approximate surface area is 219 Å². The molecule has 0 aliphatic carbocycles. The summed E-state index contributed by atoms with van der Waals surface area (Å²) in [5.74, 6) is 2.95. The summed E-state index contributed by atoms with van der Waals surface area (Å²) in [5.41, 5.74) is 1.04. The minimum Gasteiger partial charge on any atom is -0.494 e. The zero-order valence-electron chi connectivity index (χ0n) is 21.8. The third-order valence-corrected chi connectivity index (χ3v) is 7.26. The molecule has 37 heavy (non-hydrogen) atoms. The standard InChI is InChI=1S/C28H38N6O3/c1-31-15-10-29-26(31)22-32-12-2-3-13-34(28(35)25-9-5-19-37-25)14-6-20-36-24-8-4-7-23(21-24)27-30-11-16-33(27)18-17-32/h4,7-8,10-11,15-16,21,25H,2-3,5-6,9,12-14,17-20,22H2,1H3. The largest absolute Gasteiger partial charge is 0.494 e. The van der Waals surface area contributed by atoms with E-state index in [1.54, 1.807) is 0 Å². The lowest BCUT2D eigenvalue weighted by molar-refractivity contribution is -0.141. The van der Waals surface area contributed by atoms with Gasteiger partial charge >= 0.3 is 0 Å². The van der Waals surface area contributed by atoms with Gasteiger partial charge in [-0.05, 0) is 50.8 Å². The number of ether oxygens (including phenoxy) is 2. The molecule has 2 aliphatic heterocycles. The van der Waals surface area contributed by atoms with Crippen LogP contribution < -0.4 is 4.74 Å². The van der Waals surface area contributed by atoms with Crippen molar-refractivity contribution in [2.45, 2.75) is 51.3 Å². The Balaban J connectivity index is 1.34. The first kappa shape index (κ1) is 25.5. The first-order valence-electron chi connectivity index (χ1n) is 13.5. The van der Waals surface area contributed by atoms with Crippen molar-refractivity contribution in [1.29, 1.82) is 0 Å². The van der Waals surface area contributed by atoms with Crippen molar-refractivity contribution in [3.05, 3.63) is 54.9 Å². The molecule has 9 nitrogen and oxygen atoms in total. The van der Waals surface area contributed by atoms with Crippen LogP contribution >= 0.6 is 0 Å². The lowest BCUT2D eigenvalue weighted by atomic mass is 10.2. The van der Waals surface area contributed by atoms with Gasteiger partial charge in [0.2, 0.25) is 0 Å². The monoisotopic (exact) mass is 506 g/mol. The molecule has 5 rings (SSSR count). The maximum atomic E-state index is 13.2. The lowest BCUT2D eigenvalue weighted by Gasteiger charge is -2.26. The quantitative estimate of drug-likeness (QED) is 0.542. The van der Waals surface area contributed by atoms with Crippen LogP contribution in [0, 0.1) is 0 Å². The SMILES string of the molecule is Cn1ccnc1CN1CCCCN(C(=O)C2CCCO2)CCCOc2cccc(c2)-c2nccn2CC1. The van der Waals surface area contributed by atoms with Crippen LogP contribution in [0.5, 0.6) is 5.75 Å². The minimum atomic E-state index is -0.283. The first-order chi connectivity index (χ1) is 18.2. The average Bonchev–Trinajstić information content (AvgIpc) is 3.68. The van der Waals surface area contributed by atoms with Crippen LogP contribution in [0.25, 0.3) is 11.4 Å². The van der Waals surface area contributed by atoms with Crippen LogP contribution in [0.4, 0.5) is 0 Å². The van der Waals surface area contributed by atoms with Crippen LogP contribution in [0.2, 0.25) is 0 Å². The molecule has 198 valence electrons. The number of amides is 1. The highest BCUT2D eigenvalue weighted by atomic mass is 16.5. The Morgan fingerprint density at radius 1 is 0.973 bits per heavy atom. The number of carbonyl (C=O) groups excluding carboxylic acids is 1. The zero-order chi connectivity index (χ0) is 25.5. The number of benzene rings is 1. The Morgan fingerprint density at radius 3 is 2.68 bits per heavy atom. The first-order valence-corrected chi connectivity index (χ1v) is 13.5. The highest BCUT2D eigenvalue weighted by Crippen LogP contribution is 2.23. The molecule has 2 aromatic heterocycles. The number of hydrogen-bond donors (Lipinski definition) is 0. The summed E-state index contributed by atoms with van der Waals surface area (Å²) in [6.07, 6.45) is 12.0. The summed E-state index contributed by atoms with van der Waals surface area (Å²) in [6.45, 7) is 6.11. The molecule has 0 radical (unpaired) electrons. The molecule has 2 aliphatic rings. The molecule has 1 unspecified atom stereocenters. The van der Waals surface area contributed by atoms with Gasteiger partial charge in [0.1, 0.15) is 23.5 Å². The predicted molar refractivity (Wildman–Crippen MR) is 141 cm³/mol. The summed E-state index contributed by atoms with van der Waals surface area (Å²) in [4.78, 5) is 26.8. The number of carbonyl (C=O) groups is 1. The Hall–Kier alpha value is -3.17. The van der Waals surface area contributed by atoms with E-state index in [-0.39, 0.29) is 12.0 Å². The molecule has 4 heterocycles. The van der Waals surface area contributed by atoms with Crippen molar-refractivity contribution in [1.82, 2.24) is 28.9 Å². The van der Waals surface area contributed by atoms with Crippen molar-refractivity contribution in [2.24, 2.45) is 7.05 Å². The van der Waals surface area contributed by atoms with E-state index in [0.717, 1.165) is 87.8 Å². The van der Waals surface area contributed by atoms with Crippen LogP contribution in [-0.2, 0) is 29.7 Å². The number of aryl methyl sites for hydroxylation is 1. The van der Waals surface area contributed by atoms with Crippen LogP contribution in [0.3, 0.4) is 0 Å². The van der Waals surface area contributed by atoms with Gasteiger partial charge in [-0.3, -0.25) is 9.69 Å². The lowest BCUT2D eigenvalue weighted by Crippen LogP contribution is -2.40. The van der Waals surface area contributed by atoms with Gasteiger partial charge in [0, 0.05) is 70.2 Å². The highest BCUT2D eigenvalue weighted by Gasteiger charge is 2.28. The minimum absolute atomic E-state index is 0.132. The summed E-state index contributed by atoms with van der Waals surface area (Å²) in [5, 5.41) is 0. The summed E-state index contributed by atoms with van der Waals surface area (Å²) >= 11 is 0. The zero-order valence-corrected chi connectivity index (χ0v) is 21.8. The van der Waals surface area contributed by atoms with Crippen LogP contribution in [-0.4, -0.2) is 80.3 Å². The molecule has 1 amide bonds. The topological polar surface area (TPSA) is 77.7 Å². The summed E-state index contributed by atoms with van der Waals surface area (Å²) in [6, 6.07) is 8.12. The summed E-state index contributed by atoms with van der Waals surface area (Å²) in [7, 11) is 2.04. The van der Waals surface area contributed by atoms with E-state index in [2.05, 4.69) is 36.1 Å². The summed E-state index contributed by atoms with van der Waals surface area (Å²) < 4.78 is 16.1. The molecule has 1 atom stereocenters. The fourth-order valence-electron chi connectivity index (χ4n) is 5.13. The number of fused-ring (bicyclic) bond motifs is 4. The predicted octanol–water partition coefficient (Wildman–Crippen LogP) is 3.36. The van der Waals surface area contributed by atoms with E-state index in [4.69, 9.17) is 9.47 Å². The van der Waals surface area contributed by atoms with E-state index in [1.807, 2.05) is 48.9 Å². The Bertz CT molecular complexity index is 1150. The van der Waals surface area contributed by atoms with E-state index >= 15 is 0 Å². The van der Waals surface area contributed by atoms with Gasteiger partial charge in [0.05, 0.1) is 13.2 Å². The molecular weight excluding hydrogens is 468 g/mol. The molecule has 1 aromatic carbocycles. The number of imidazole rings is 2. The van der Waals surface area contributed by atoms with E-state index in [0.29, 0.717) is 19.8 Å². The van der Waals surface area contributed by atoms with Gasteiger partial charge in [0.15, 0.2) is 0 Å². The van der Waals surface area contributed by atoms with Crippen molar-refractivity contribution < 1.29 is 14.3 Å². The molecule has 9 heteroatoms. The molecule has 2 bridgehead atoms. The fourth-order valence-corrected chi connectivity index (χ4v) is 5.13. The van der Waals surface area contributed by atoms with Gasteiger partial charge in [-0.15, -0.1) is 0 Å². The van der Waals surface area contributed by atoms with E-state index < -0.39 is 0 Å². The normalized spacial score (nSPS) is 20.2. The van der Waals surface area contributed by atoms with Crippen molar-refractivity contribution in [2.75, 3.05) is 39.4 Å². The average molecular weight is 507 g/mol. The van der Waals surface area contributed by atoms with Crippen molar-refractivity contribution in [3.8, 4) is 17.1 Å². The Morgan fingerprint density at radius 2 is 1.84 bits per heavy atom. The molecule has 0 spiro atoms. The maximum absolute atomic E-state index is 13.2. The third-order valence-electron chi connectivity index (χ3n) is 7.26. The van der Waals surface area contributed by atoms with Crippen molar-refractivity contribution >= 4 is 5.91 Å². The van der Waals surface area contributed by atoms with Crippen LogP contribution in [0.15, 0.2) is 49.1 Å². The van der Waals surface area contributed by atoms with Gasteiger partial charge in [-0.1, -0.05) is 12.1 Å². The van der Waals surface area contributed by atoms with Crippen molar-refractivity contribution in [3.63, 3.8) is 0 Å². The highest BCUT2D eigenvalue weighted by molar-refractivity contribution is 5.81. The molecule has 3 aromatic rings. The van der Waals surface area contributed by atoms with Gasteiger partial charge in [-0.25, -0.2) is 9.97 Å². The third kappa shape index (κ3) is 6.59. The molecule has 1 fully saturated rings. The van der Waals surface area contributed by atoms with Gasteiger partial charge in [0.25, 0.3) is 5.91 Å². The van der Waals surface area contributed by atoms with Crippen LogP contribution in [0.1, 0.15) is 37.9 Å².